The second-order valence-electron chi connectivity index (χ2n) is 7.00. The molecule has 2 amide bonds. The second kappa shape index (κ2) is 7.84. The summed E-state index contributed by atoms with van der Waals surface area (Å²) in [6, 6.07) is 15.7. The molecule has 0 unspecified atom stereocenters. The molecule has 1 aromatic heterocycles. The van der Waals surface area contributed by atoms with Gasteiger partial charge in [0.25, 0.3) is 5.91 Å². The lowest BCUT2D eigenvalue weighted by molar-refractivity contribution is -0.132. The number of hydrogen-bond donors (Lipinski definition) is 0. The van der Waals surface area contributed by atoms with E-state index in [1.807, 2.05) is 23.2 Å². The third-order valence-electron chi connectivity index (χ3n) is 5.26. The molecule has 3 aromatic rings. The first kappa shape index (κ1) is 18.2. The summed E-state index contributed by atoms with van der Waals surface area (Å²) in [7, 11) is 0. The number of carbonyl (C=O) groups excluding carboxylic acids is 2. The topological polar surface area (TPSA) is 45.6 Å². The number of piperazine rings is 1. The standard InChI is InChI=1S/C22H22FN3O2/c23-19-7-5-18(6-8-19)22(28)26-15-13-25(14-16-26)21(27)10-12-24-11-9-17-3-1-2-4-20(17)24/h1-9,11H,10,12-16H2. The molecule has 1 saturated heterocycles. The molecule has 4 rings (SSSR count). The highest BCUT2D eigenvalue weighted by Gasteiger charge is 2.24. The summed E-state index contributed by atoms with van der Waals surface area (Å²) in [6.45, 7) is 2.68. The van der Waals surface area contributed by atoms with Crippen molar-refractivity contribution in [2.24, 2.45) is 0 Å². The number of benzene rings is 2. The predicted molar refractivity (Wildman–Crippen MR) is 105 cm³/mol. The zero-order chi connectivity index (χ0) is 19.5. The van der Waals surface area contributed by atoms with Crippen LogP contribution in [0.4, 0.5) is 4.39 Å². The molecule has 0 spiro atoms. The molecule has 0 radical (unpaired) electrons. The number of fused-ring (bicyclic) bond motifs is 1. The van der Waals surface area contributed by atoms with E-state index in [0.717, 1.165) is 5.52 Å². The molecule has 0 saturated carbocycles. The molecule has 2 heterocycles. The van der Waals surface area contributed by atoms with E-state index in [1.165, 1.54) is 29.7 Å². The van der Waals surface area contributed by atoms with Crippen molar-refractivity contribution in [2.45, 2.75) is 13.0 Å². The van der Waals surface area contributed by atoms with Gasteiger partial charge in [0.15, 0.2) is 0 Å². The molecule has 1 fully saturated rings. The van der Waals surface area contributed by atoms with Crippen LogP contribution in [0, 0.1) is 5.82 Å². The maximum atomic E-state index is 13.0. The van der Waals surface area contributed by atoms with Crippen LogP contribution in [0.15, 0.2) is 60.8 Å². The average Bonchev–Trinajstić information content (AvgIpc) is 3.15. The minimum Gasteiger partial charge on any atom is -0.347 e. The van der Waals surface area contributed by atoms with E-state index in [0.29, 0.717) is 44.7 Å². The number of para-hydroxylation sites is 1. The number of hydrogen-bond acceptors (Lipinski definition) is 2. The molecule has 144 valence electrons. The van der Waals surface area contributed by atoms with Gasteiger partial charge in [-0.2, -0.15) is 0 Å². The maximum Gasteiger partial charge on any atom is 0.253 e. The van der Waals surface area contributed by atoms with Crippen LogP contribution in [0.5, 0.6) is 0 Å². The van der Waals surface area contributed by atoms with Crippen molar-refractivity contribution in [1.82, 2.24) is 14.4 Å². The zero-order valence-electron chi connectivity index (χ0n) is 15.6. The highest BCUT2D eigenvalue weighted by molar-refractivity contribution is 5.94. The summed E-state index contributed by atoms with van der Waals surface area (Å²) >= 11 is 0. The molecule has 28 heavy (non-hydrogen) atoms. The van der Waals surface area contributed by atoms with E-state index in [1.54, 1.807) is 4.90 Å². The zero-order valence-corrected chi connectivity index (χ0v) is 15.6. The van der Waals surface area contributed by atoms with Gasteiger partial charge in [0.2, 0.25) is 5.91 Å². The molecular weight excluding hydrogens is 357 g/mol. The minimum atomic E-state index is -0.359. The average molecular weight is 379 g/mol. The molecule has 1 aliphatic heterocycles. The number of carbonyl (C=O) groups is 2. The summed E-state index contributed by atoms with van der Waals surface area (Å²) in [5.41, 5.74) is 1.60. The van der Waals surface area contributed by atoms with Crippen molar-refractivity contribution in [2.75, 3.05) is 26.2 Å². The minimum absolute atomic E-state index is 0.103. The summed E-state index contributed by atoms with van der Waals surface area (Å²) in [5, 5.41) is 1.17. The van der Waals surface area contributed by atoms with Crippen LogP contribution >= 0.6 is 0 Å². The van der Waals surface area contributed by atoms with E-state index >= 15 is 0 Å². The Morgan fingerprint density at radius 3 is 2.29 bits per heavy atom. The van der Waals surface area contributed by atoms with Crippen LogP contribution in [0.2, 0.25) is 0 Å². The number of aromatic nitrogens is 1. The summed E-state index contributed by atoms with van der Waals surface area (Å²) < 4.78 is 15.1. The monoisotopic (exact) mass is 379 g/mol. The Labute approximate surface area is 163 Å². The smallest absolute Gasteiger partial charge is 0.253 e. The third-order valence-corrected chi connectivity index (χ3v) is 5.26. The fourth-order valence-electron chi connectivity index (χ4n) is 3.64. The molecule has 0 atom stereocenters. The first-order valence-electron chi connectivity index (χ1n) is 9.48. The summed E-state index contributed by atoms with van der Waals surface area (Å²) in [5.74, 6) is -0.375. The normalized spacial score (nSPS) is 14.5. The first-order valence-corrected chi connectivity index (χ1v) is 9.48. The molecule has 0 bridgehead atoms. The van der Waals surface area contributed by atoms with E-state index < -0.39 is 0 Å². The maximum absolute atomic E-state index is 13.0. The van der Waals surface area contributed by atoms with Crippen LogP contribution in [0.25, 0.3) is 10.9 Å². The number of aryl methyl sites for hydroxylation is 1. The van der Waals surface area contributed by atoms with Gasteiger partial charge in [-0.3, -0.25) is 9.59 Å². The lowest BCUT2D eigenvalue weighted by Crippen LogP contribution is -2.50. The Morgan fingerprint density at radius 2 is 1.54 bits per heavy atom. The van der Waals surface area contributed by atoms with Crippen molar-refractivity contribution in [3.8, 4) is 0 Å². The fourth-order valence-corrected chi connectivity index (χ4v) is 3.64. The van der Waals surface area contributed by atoms with Crippen molar-refractivity contribution in [3.05, 3.63) is 72.2 Å². The second-order valence-corrected chi connectivity index (χ2v) is 7.00. The Morgan fingerprint density at radius 1 is 0.857 bits per heavy atom. The van der Waals surface area contributed by atoms with Gasteiger partial charge >= 0.3 is 0 Å². The van der Waals surface area contributed by atoms with E-state index in [-0.39, 0.29) is 17.6 Å². The number of amides is 2. The Hall–Kier alpha value is -3.15. The number of nitrogens with zero attached hydrogens (tertiary/aromatic N) is 3. The van der Waals surface area contributed by atoms with E-state index in [4.69, 9.17) is 0 Å². The van der Waals surface area contributed by atoms with E-state index in [9.17, 15) is 14.0 Å². The quantitative estimate of drug-likeness (QED) is 0.699. The molecule has 0 N–H and O–H groups in total. The van der Waals surface area contributed by atoms with Gasteiger partial charge < -0.3 is 14.4 Å². The Balaban J connectivity index is 1.30. The molecule has 2 aromatic carbocycles. The molecule has 5 nitrogen and oxygen atoms in total. The lowest BCUT2D eigenvalue weighted by Gasteiger charge is -2.35. The van der Waals surface area contributed by atoms with Crippen molar-refractivity contribution < 1.29 is 14.0 Å². The molecule has 6 heteroatoms. The van der Waals surface area contributed by atoms with Crippen LogP contribution in [0.3, 0.4) is 0 Å². The molecule has 1 aliphatic rings. The van der Waals surface area contributed by atoms with Crippen LogP contribution in [-0.2, 0) is 11.3 Å². The van der Waals surface area contributed by atoms with E-state index in [2.05, 4.69) is 22.8 Å². The highest BCUT2D eigenvalue weighted by atomic mass is 19.1. The predicted octanol–water partition coefficient (Wildman–Crippen LogP) is 3.16. The largest absolute Gasteiger partial charge is 0.347 e. The van der Waals surface area contributed by atoms with Crippen LogP contribution < -0.4 is 0 Å². The van der Waals surface area contributed by atoms with Gasteiger partial charge in [-0.15, -0.1) is 0 Å². The van der Waals surface area contributed by atoms with Gasteiger partial charge in [-0.1, -0.05) is 18.2 Å². The number of halogens is 1. The van der Waals surface area contributed by atoms with Gasteiger partial charge in [0.05, 0.1) is 0 Å². The van der Waals surface area contributed by atoms with Crippen LogP contribution in [0.1, 0.15) is 16.8 Å². The SMILES string of the molecule is O=C(CCn1ccc2ccccc21)N1CCN(C(=O)c2ccc(F)cc2)CC1. The van der Waals surface area contributed by atoms with Crippen molar-refractivity contribution >= 4 is 22.7 Å². The summed E-state index contributed by atoms with van der Waals surface area (Å²) in [4.78, 5) is 28.6. The van der Waals surface area contributed by atoms with Gasteiger partial charge in [0, 0.05) is 56.4 Å². The Kier molecular flexibility index (Phi) is 5.10. The van der Waals surface area contributed by atoms with Gasteiger partial charge in [0.1, 0.15) is 5.82 Å². The molecular formula is C22H22FN3O2. The van der Waals surface area contributed by atoms with Gasteiger partial charge in [-0.05, 0) is 41.8 Å². The van der Waals surface area contributed by atoms with Gasteiger partial charge in [-0.25, -0.2) is 4.39 Å². The highest BCUT2D eigenvalue weighted by Crippen LogP contribution is 2.16. The van der Waals surface area contributed by atoms with Crippen LogP contribution in [-0.4, -0.2) is 52.4 Å². The number of rotatable bonds is 4. The molecule has 0 aliphatic carbocycles. The summed E-state index contributed by atoms with van der Waals surface area (Å²) in [6.07, 6.45) is 2.45. The fraction of sp³-hybridized carbons (Fsp3) is 0.273. The van der Waals surface area contributed by atoms with Crippen molar-refractivity contribution in [1.29, 1.82) is 0 Å². The Bertz CT molecular complexity index is 988. The lowest BCUT2D eigenvalue weighted by atomic mass is 10.1. The van der Waals surface area contributed by atoms with Crippen molar-refractivity contribution in [3.63, 3.8) is 0 Å². The third kappa shape index (κ3) is 3.76. The first-order chi connectivity index (χ1) is 13.6.